The summed E-state index contributed by atoms with van der Waals surface area (Å²) in [5, 5.41) is 0.167. The van der Waals surface area contributed by atoms with Gasteiger partial charge in [-0.05, 0) is 18.6 Å². The first-order chi connectivity index (χ1) is 7.05. The highest BCUT2D eigenvalue weighted by atomic mass is 32.2. The number of anilines is 1. The Morgan fingerprint density at radius 3 is 2.80 bits per heavy atom. The second-order valence-electron chi connectivity index (χ2n) is 3.56. The van der Waals surface area contributed by atoms with Crippen molar-refractivity contribution in [2.75, 3.05) is 17.2 Å². The van der Waals surface area contributed by atoms with Crippen molar-refractivity contribution >= 4 is 27.4 Å². The summed E-state index contributed by atoms with van der Waals surface area (Å²) >= 11 is 1.56. The van der Waals surface area contributed by atoms with Gasteiger partial charge in [-0.2, -0.15) is 0 Å². The minimum absolute atomic E-state index is 0.167. The molecule has 1 fully saturated rings. The number of nitrogen functional groups attached to an aromatic ring is 1. The molecule has 0 spiro atoms. The van der Waals surface area contributed by atoms with Gasteiger partial charge in [0.2, 0.25) is 0 Å². The van der Waals surface area contributed by atoms with Gasteiger partial charge in [0.15, 0.2) is 9.84 Å². The van der Waals surface area contributed by atoms with E-state index < -0.39 is 9.84 Å². The standard InChI is InChI=1S/C9H12N2O2S2/c10-9-2-1-7(5-11-9)14-8-3-4-15(12,13)6-8/h1-2,5,8H,3-4,6H2,(H2,10,11). The van der Waals surface area contributed by atoms with Gasteiger partial charge in [0.25, 0.3) is 0 Å². The van der Waals surface area contributed by atoms with Crippen LogP contribution in [0, 0.1) is 0 Å². The van der Waals surface area contributed by atoms with Crippen LogP contribution in [0.3, 0.4) is 0 Å². The molecular formula is C9H12N2O2S2. The average Bonchev–Trinajstić information content (AvgIpc) is 2.50. The maximum absolute atomic E-state index is 11.2. The Balaban J connectivity index is 2.02. The summed E-state index contributed by atoms with van der Waals surface area (Å²) in [4.78, 5) is 4.94. The fraction of sp³-hybridized carbons (Fsp3) is 0.444. The van der Waals surface area contributed by atoms with Gasteiger partial charge in [-0.3, -0.25) is 0 Å². The molecule has 0 aliphatic carbocycles. The van der Waals surface area contributed by atoms with Crippen LogP contribution >= 0.6 is 11.8 Å². The van der Waals surface area contributed by atoms with Crippen molar-refractivity contribution in [1.82, 2.24) is 4.98 Å². The number of sulfone groups is 1. The highest BCUT2D eigenvalue weighted by molar-refractivity contribution is 8.01. The molecule has 0 aromatic carbocycles. The second-order valence-corrected chi connectivity index (χ2v) is 7.16. The zero-order chi connectivity index (χ0) is 10.9. The maximum Gasteiger partial charge on any atom is 0.151 e. The molecule has 1 aromatic rings. The number of aromatic nitrogens is 1. The SMILES string of the molecule is Nc1ccc(SC2CCS(=O)(=O)C2)cn1. The first-order valence-corrected chi connectivity index (χ1v) is 7.34. The number of rotatable bonds is 2. The van der Waals surface area contributed by atoms with Crippen LogP contribution in [0.5, 0.6) is 0 Å². The van der Waals surface area contributed by atoms with Crippen molar-refractivity contribution in [3.05, 3.63) is 18.3 Å². The Labute approximate surface area is 93.2 Å². The minimum atomic E-state index is -2.79. The van der Waals surface area contributed by atoms with Gasteiger partial charge in [0.1, 0.15) is 5.82 Å². The second kappa shape index (κ2) is 4.02. The number of pyridine rings is 1. The number of hydrogen-bond donors (Lipinski definition) is 1. The molecule has 1 aliphatic rings. The van der Waals surface area contributed by atoms with Crippen molar-refractivity contribution in [2.24, 2.45) is 0 Å². The molecule has 2 heterocycles. The largest absolute Gasteiger partial charge is 0.384 e. The number of hydrogen-bond acceptors (Lipinski definition) is 5. The zero-order valence-electron chi connectivity index (χ0n) is 8.09. The maximum atomic E-state index is 11.2. The Morgan fingerprint density at radius 2 is 2.27 bits per heavy atom. The lowest BCUT2D eigenvalue weighted by atomic mass is 10.4. The van der Waals surface area contributed by atoms with E-state index in [0.29, 0.717) is 11.6 Å². The molecule has 1 aliphatic heterocycles. The Kier molecular flexibility index (Phi) is 2.88. The van der Waals surface area contributed by atoms with Crippen LogP contribution in [0.25, 0.3) is 0 Å². The van der Waals surface area contributed by atoms with E-state index in [1.54, 1.807) is 24.0 Å². The average molecular weight is 244 g/mol. The third-order valence-corrected chi connectivity index (χ3v) is 5.48. The number of thioether (sulfide) groups is 1. The highest BCUT2D eigenvalue weighted by Crippen LogP contribution is 2.30. The lowest BCUT2D eigenvalue weighted by Gasteiger charge is -2.06. The summed E-state index contributed by atoms with van der Waals surface area (Å²) in [6.45, 7) is 0. The lowest BCUT2D eigenvalue weighted by Crippen LogP contribution is -2.06. The molecule has 2 rings (SSSR count). The normalized spacial score (nSPS) is 24.1. The van der Waals surface area contributed by atoms with E-state index in [1.165, 1.54) is 0 Å². The third kappa shape index (κ3) is 2.85. The van der Waals surface area contributed by atoms with Gasteiger partial charge in [-0.25, -0.2) is 13.4 Å². The van der Waals surface area contributed by atoms with Gasteiger partial charge < -0.3 is 5.73 Å². The molecule has 1 atom stereocenters. The Hall–Kier alpha value is -0.750. The highest BCUT2D eigenvalue weighted by Gasteiger charge is 2.28. The lowest BCUT2D eigenvalue weighted by molar-refractivity contribution is 0.602. The van der Waals surface area contributed by atoms with Crippen LogP contribution in [-0.4, -0.2) is 30.2 Å². The number of nitrogens with zero attached hydrogens (tertiary/aromatic N) is 1. The van der Waals surface area contributed by atoms with Crippen LogP contribution in [0.15, 0.2) is 23.2 Å². The van der Waals surface area contributed by atoms with Crippen LogP contribution in [0.4, 0.5) is 5.82 Å². The first kappa shape index (κ1) is 10.8. The van der Waals surface area contributed by atoms with E-state index >= 15 is 0 Å². The fourth-order valence-corrected chi connectivity index (χ4v) is 4.98. The van der Waals surface area contributed by atoms with E-state index in [1.807, 2.05) is 6.07 Å². The van der Waals surface area contributed by atoms with Crippen molar-refractivity contribution in [3.63, 3.8) is 0 Å². The summed E-state index contributed by atoms with van der Waals surface area (Å²) in [5.74, 6) is 1.08. The summed E-state index contributed by atoms with van der Waals surface area (Å²) in [6, 6.07) is 3.60. The summed E-state index contributed by atoms with van der Waals surface area (Å²) in [6.07, 6.45) is 2.42. The topological polar surface area (TPSA) is 73.1 Å². The zero-order valence-corrected chi connectivity index (χ0v) is 9.72. The molecule has 0 saturated carbocycles. The predicted molar refractivity (Wildman–Crippen MR) is 61.6 cm³/mol. The molecule has 0 radical (unpaired) electrons. The van der Waals surface area contributed by atoms with E-state index in [-0.39, 0.29) is 11.0 Å². The molecule has 0 bridgehead atoms. The van der Waals surface area contributed by atoms with Gasteiger partial charge in [-0.15, -0.1) is 11.8 Å². The fourth-order valence-electron chi connectivity index (χ4n) is 1.51. The van der Waals surface area contributed by atoms with E-state index in [2.05, 4.69) is 4.98 Å². The molecule has 4 nitrogen and oxygen atoms in total. The monoisotopic (exact) mass is 244 g/mol. The Bertz CT molecular complexity index is 442. The van der Waals surface area contributed by atoms with Crippen LogP contribution in [0.2, 0.25) is 0 Å². The van der Waals surface area contributed by atoms with Crippen LogP contribution < -0.4 is 5.73 Å². The van der Waals surface area contributed by atoms with E-state index in [4.69, 9.17) is 5.73 Å². The van der Waals surface area contributed by atoms with E-state index in [9.17, 15) is 8.42 Å². The van der Waals surface area contributed by atoms with Gasteiger partial charge in [-0.1, -0.05) is 0 Å². The van der Waals surface area contributed by atoms with Crippen molar-refractivity contribution in [2.45, 2.75) is 16.6 Å². The molecule has 1 aromatic heterocycles. The minimum Gasteiger partial charge on any atom is -0.384 e. The van der Waals surface area contributed by atoms with E-state index in [0.717, 1.165) is 11.3 Å². The molecule has 1 unspecified atom stereocenters. The van der Waals surface area contributed by atoms with Gasteiger partial charge in [0.05, 0.1) is 11.5 Å². The first-order valence-electron chi connectivity index (χ1n) is 4.64. The van der Waals surface area contributed by atoms with Crippen molar-refractivity contribution in [1.29, 1.82) is 0 Å². The quantitative estimate of drug-likeness (QED) is 0.838. The smallest absolute Gasteiger partial charge is 0.151 e. The van der Waals surface area contributed by atoms with Gasteiger partial charge in [0, 0.05) is 16.3 Å². The van der Waals surface area contributed by atoms with Crippen LogP contribution in [0.1, 0.15) is 6.42 Å². The third-order valence-electron chi connectivity index (χ3n) is 2.25. The Morgan fingerprint density at radius 1 is 1.47 bits per heavy atom. The predicted octanol–water partition coefficient (Wildman–Crippen LogP) is 0.943. The summed E-state index contributed by atoms with van der Waals surface area (Å²) in [5.41, 5.74) is 5.46. The molecular weight excluding hydrogens is 232 g/mol. The molecule has 82 valence electrons. The molecule has 15 heavy (non-hydrogen) atoms. The van der Waals surface area contributed by atoms with Crippen LogP contribution in [-0.2, 0) is 9.84 Å². The summed E-state index contributed by atoms with van der Waals surface area (Å²) < 4.78 is 22.5. The van der Waals surface area contributed by atoms with Crippen molar-refractivity contribution in [3.8, 4) is 0 Å². The van der Waals surface area contributed by atoms with Gasteiger partial charge >= 0.3 is 0 Å². The molecule has 0 amide bonds. The number of nitrogens with two attached hydrogens (primary N) is 1. The molecule has 1 saturated heterocycles. The molecule has 2 N–H and O–H groups in total. The summed E-state index contributed by atoms with van der Waals surface area (Å²) in [7, 11) is -2.79. The molecule has 6 heteroatoms. The van der Waals surface area contributed by atoms with Crippen molar-refractivity contribution < 1.29 is 8.42 Å².